The van der Waals surface area contributed by atoms with Gasteiger partial charge in [-0.3, -0.25) is 4.79 Å². The zero-order valence-corrected chi connectivity index (χ0v) is 9.88. The molecule has 0 aromatic carbocycles. The van der Waals surface area contributed by atoms with Crippen molar-refractivity contribution in [3.05, 3.63) is 0 Å². The van der Waals surface area contributed by atoms with Crippen molar-refractivity contribution >= 4 is 5.78 Å². The molecule has 2 rings (SSSR count). The summed E-state index contributed by atoms with van der Waals surface area (Å²) >= 11 is 0. The van der Waals surface area contributed by atoms with E-state index in [0.29, 0.717) is 12.3 Å². The average Bonchev–Trinajstić information content (AvgIpc) is 2.40. The summed E-state index contributed by atoms with van der Waals surface area (Å²) in [6, 6.07) is 0. The van der Waals surface area contributed by atoms with Gasteiger partial charge in [-0.15, -0.1) is 0 Å². The van der Waals surface area contributed by atoms with Crippen molar-refractivity contribution in [2.75, 3.05) is 0 Å². The smallest absolute Gasteiger partial charge is 0.164 e. The molecule has 2 fully saturated rings. The first-order chi connectivity index (χ1) is 7.01. The SMILES string of the molecule is CC1CC(=O)C(C)(O)C12CCCCCC2. The average molecular weight is 210 g/mol. The fourth-order valence-corrected chi connectivity index (χ4v) is 3.77. The zero-order chi connectivity index (χ0) is 11.1. The third-order valence-electron chi connectivity index (χ3n) is 4.94. The summed E-state index contributed by atoms with van der Waals surface area (Å²) in [6.45, 7) is 3.90. The van der Waals surface area contributed by atoms with Crippen molar-refractivity contribution in [3.63, 3.8) is 0 Å². The van der Waals surface area contributed by atoms with Crippen LogP contribution >= 0.6 is 0 Å². The van der Waals surface area contributed by atoms with Gasteiger partial charge in [0, 0.05) is 11.8 Å². The van der Waals surface area contributed by atoms with E-state index in [0.717, 1.165) is 12.8 Å². The molecule has 2 saturated carbocycles. The van der Waals surface area contributed by atoms with Gasteiger partial charge in [-0.1, -0.05) is 32.6 Å². The Morgan fingerprint density at radius 3 is 2.13 bits per heavy atom. The molecule has 2 aliphatic rings. The largest absolute Gasteiger partial charge is 0.382 e. The Hall–Kier alpha value is -0.370. The highest BCUT2D eigenvalue weighted by Gasteiger charge is 2.59. The van der Waals surface area contributed by atoms with Crippen LogP contribution in [0.2, 0.25) is 0 Å². The molecule has 0 radical (unpaired) electrons. The van der Waals surface area contributed by atoms with E-state index in [-0.39, 0.29) is 11.2 Å². The van der Waals surface area contributed by atoms with Crippen LogP contribution in [0.5, 0.6) is 0 Å². The van der Waals surface area contributed by atoms with E-state index in [9.17, 15) is 9.90 Å². The van der Waals surface area contributed by atoms with Gasteiger partial charge in [0.05, 0.1) is 0 Å². The second-order valence-corrected chi connectivity index (χ2v) is 5.67. The molecule has 86 valence electrons. The normalized spacial score (nSPS) is 40.7. The number of carbonyl (C=O) groups excluding carboxylic acids is 1. The first-order valence-corrected chi connectivity index (χ1v) is 6.26. The lowest BCUT2D eigenvalue weighted by Gasteiger charge is -2.41. The van der Waals surface area contributed by atoms with Gasteiger partial charge in [-0.05, 0) is 25.7 Å². The van der Waals surface area contributed by atoms with Crippen molar-refractivity contribution in [3.8, 4) is 0 Å². The Balaban J connectivity index is 2.34. The lowest BCUT2D eigenvalue weighted by Crippen LogP contribution is -2.47. The third-order valence-corrected chi connectivity index (χ3v) is 4.94. The van der Waals surface area contributed by atoms with E-state index >= 15 is 0 Å². The Morgan fingerprint density at radius 1 is 1.20 bits per heavy atom. The highest BCUT2D eigenvalue weighted by Crippen LogP contribution is 2.55. The van der Waals surface area contributed by atoms with Gasteiger partial charge >= 0.3 is 0 Å². The van der Waals surface area contributed by atoms with Gasteiger partial charge < -0.3 is 5.11 Å². The standard InChI is InChI=1S/C13H22O2/c1-10-9-11(14)12(2,15)13(10)7-5-3-4-6-8-13/h10,15H,3-9H2,1-2H3. The number of rotatable bonds is 0. The van der Waals surface area contributed by atoms with E-state index in [4.69, 9.17) is 0 Å². The van der Waals surface area contributed by atoms with Gasteiger partial charge in [-0.25, -0.2) is 0 Å². The van der Waals surface area contributed by atoms with Crippen LogP contribution in [-0.4, -0.2) is 16.5 Å². The van der Waals surface area contributed by atoms with Gasteiger partial charge in [0.25, 0.3) is 0 Å². The Morgan fingerprint density at radius 2 is 1.73 bits per heavy atom. The first-order valence-electron chi connectivity index (χ1n) is 6.26. The van der Waals surface area contributed by atoms with Crippen molar-refractivity contribution in [2.24, 2.45) is 11.3 Å². The number of ketones is 1. The number of carbonyl (C=O) groups is 1. The number of Topliss-reactive ketones (excluding diaryl/α,β-unsaturated/α-hetero) is 1. The van der Waals surface area contributed by atoms with E-state index in [1.165, 1.54) is 25.7 Å². The molecule has 2 atom stereocenters. The quantitative estimate of drug-likeness (QED) is 0.667. The molecule has 2 unspecified atom stereocenters. The van der Waals surface area contributed by atoms with Crippen LogP contribution in [0.1, 0.15) is 58.8 Å². The van der Waals surface area contributed by atoms with Crippen LogP contribution < -0.4 is 0 Å². The summed E-state index contributed by atoms with van der Waals surface area (Å²) in [5, 5.41) is 10.5. The van der Waals surface area contributed by atoms with Gasteiger partial charge in [0.15, 0.2) is 5.78 Å². The predicted octanol–water partition coefficient (Wildman–Crippen LogP) is 2.69. The lowest BCUT2D eigenvalue weighted by molar-refractivity contribution is -0.143. The predicted molar refractivity (Wildman–Crippen MR) is 59.5 cm³/mol. The molecule has 1 spiro atoms. The molecule has 0 saturated heterocycles. The molecule has 1 N–H and O–H groups in total. The molecule has 0 aromatic rings. The Kier molecular flexibility index (Phi) is 2.66. The molecule has 2 nitrogen and oxygen atoms in total. The molecule has 2 aliphatic carbocycles. The maximum Gasteiger partial charge on any atom is 0.164 e. The van der Waals surface area contributed by atoms with Crippen molar-refractivity contribution in [2.45, 2.75) is 64.4 Å². The number of hydrogen-bond acceptors (Lipinski definition) is 2. The van der Waals surface area contributed by atoms with Crippen molar-refractivity contribution in [1.82, 2.24) is 0 Å². The summed E-state index contributed by atoms with van der Waals surface area (Å²) in [7, 11) is 0. The fraction of sp³-hybridized carbons (Fsp3) is 0.923. The monoisotopic (exact) mass is 210 g/mol. The van der Waals surface area contributed by atoms with Crippen molar-refractivity contribution < 1.29 is 9.90 Å². The highest BCUT2D eigenvalue weighted by molar-refractivity contribution is 5.90. The maximum absolute atomic E-state index is 11.8. The van der Waals surface area contributed by atoms with E-state index in [2.05, 4.69) is 6.92 Å². The fourth-order valence-electron chi connectivity index (χ4n) is 3.77. The maximum atomic E-state index is 11.8. The summed E-state index contributed by atoms with van der Waals surface area (Å²) in [5.74, 6) is 0.426. The molecule has 0 heterocycles. The first kappa shape index (κ1) is 11.1. The van der Waals surface area contributed by atoms with Crippen LogP contribution in [0, 0.1) is 11.3 Å². The summed E-state index contributed by atoms with van der Waals surface area (Å²) < 4.78 is 0. The minimum absolute atomic E-state index is 0.0666. The highest BCUT2D eigenvalue weighted by atomic mass is 16.3. The molecule has 15 heavy (non-hydrogen) atoms. The van der Waals surface area contributed by atoms with E-state index < -0.39 is 5.60 Å². The zero-order valence-electron chi connectivity index (χ0n) is 9.88. The number of hydrogen-bond donors (Lipinski definition) is 1. The van der Waals surface area contributed by atoms with Crippen LogP contribution in [0.25, 0.3) is 0 Å². The number of aliphatic hydroxyl groups is 1. The van der Waals surface area contributed by atoms with Crippen LogP contribution in [0.4, 0.5) is 0 Å². The van der Waals surface area contributed by atoms with Gasteiger partial charge in [0.1, 0.15) is 5.60 Å². The summed E-state index contributed by atoms with van der Waals surface area (Å²) in [5.41, 5.74) is -1.17. The molecule has 0 bridgehead atoms. The second-order valence-electron chi connectivity index (χ2n) is 5.67. The molecule has 2 heteroatoms. The second kappa shape index (κ2) is 3.58. The topological polar surface area (TPSA) is 37.3 Å². The Bertz CT molecular complexity index is 260. The van der Waals surface area contributed by atoms with Gasteiger partial charge in [-0.2, -0.15) is 0 Å². The van der Waals surface area contributed by atoms with Gasteiger partial charge in [0.2, 0.25) is 0 Å². The minimum Gasteiger partial charge on any atom is -0.382 e. The third kappa shape index (κ3) is 1.45. The van der Waals surface area contributed by atoms with Crippen LogP contribution in [0.3, 0.4) is 0 Å². The molecular formula is C13H22O2. The molecule has 0 aliphatic heterocycles. The summed E-state index contributed by atoms with van der Waals surface area (Å²) in [4.78, 5) is 11.8. The lowest BCUT2D eigenvalue weighted by atomic mass is 9.65. The van der Waals surface area contributed by atoms with Crippen molar-refractivity contribution in [1.29, 1.82) is 0 Å². The van der Waals surface area contributed by atoms with Crippen LogP contribution in [0.15, 0.2) is 0 Å². The molecule has 0 amide bonds. The van der Waals surface area contributed by atoms with Crippen LogP contribution in [-0.2, 0) is 4.79 Å². The molecule has 0 aromatic heterocycles. The summed E-state index contributed by atoms with van der Waals surface area (Å²) in [6.07, 6.45) is 7.52. The molecular weight excluding hydrogens is 188 g/mol. The van der Waals surface area contributed by atoms with E-state index in [1.807, 2.05) is 0 Å². The Labute approximate surface area is 92.1 Å². The minimum atomic E-state index is -1.06. The van der Waals surface area contributed by atoms with E-state index in [1.54, 1.807) is 6.92 Å².